The number of ether oxygens (including phenoxy) is 3. The highest BCUT2D eigenvalue weighted by Crippen LogP contribution is 2.40. The molecule has 1 atom stereocenters. The Hall–Kier alpha value is -3.24. The van der Waals surface area contributed by atoms with Crippen molar-refractivity contribution in [3.05, 3.63) is 52.5 Å². The summed E-state index contributed by atoms with van der Waals surface area (Å²) in [5, 5.41) is 9.28. The molecule has 0 N–H and O–H groups in total. The standard InChI is InChI=1S/C21H19ClN2O5/c1-27-18-9-19(28-2)17(8-16(18)22)24-11-15(7-20(24)25)21(26)29-12-14-5-3-4-13(6-14)10-23/h3-6,8-9,15H,7,11-12H2,1-2H3/t15-/m0/s1. The molecule has 0 aliphatic carbocycles. The number of amides is 1. The van der Waals surface area contributed by atoms with E-state index in [1.54, 1.807) is 36.4 Å². The fraction of sp³-hybridized carbons (Fsp3) is 0.286. The molecule has 0 radical (unpaired) electrons. The van der Waals surface area contributed by atoms with Crippen molar-refractivity contribution in [1.29, 1.82) is 5.26 Å². The third kappa shape index (κ3) is 4.44. The number of halogens is 1. The molecule has 1 fully saturated rings. The SMILES string of the molecule is COc1cc(OC)c(N2C[C@@H](C(=O)OCc3cccc(C#N)c3)CC2=O)cc1Cl. The molecule has 0 aromatic heterocycles. The fourth-order valence-corrected chi connectivity index (χ4v) is 3.39. The summed E-state index contributed by atoms with van der Waals surface area (Å²) in [6, 6.07) is 12.0. The van der Waals surface area contributed by atoms with Crippen molar-refractivity contribution in [2.45, 2.75) is 13.0 Å². The molecular formula is C21H19ClN2O5. The normalized spacial score (nSPS) is 15.7. The van der Waals surface area contributed by atoms with Gasteiger partial charge in [-0.1, -0.05) is 23.7 Å². The Morgan fingerprint density at radius 2 is 2.00 bits per heavy atom. The molecule has 1 heterocycles. The van der Waals surface area contributed by atoms with Crippen molar-refractivity contribution >= 4 is 29.2 Å². The molecule has 2 aromatic rings. The van der Waals surface area contributed by atoms with Crippen molar-refractivity contribution in [3.8, 4) is 17.6 Å². The van der Waals surface area contributed by atoms with E-state index in [9.17, 15) is 9.59 Å². The Morgan fingerprint density at radius 1 is 1.24 bits per heavy atom. The minimum Gasteiger partial charge on any atom is -0.495 e. The smallest absolute Gasteiger partial charge is 0.311 e. The van der Waals surface area contributed by atoms with Gasteiger partial charge in [-0.15, -0.1) is 0 Å². The van der Waals surface area contributed by atoms with Crippen LogP contribution in [0.3, 0.4) is 0 Å². The lowest BCUT2D eigenvalue weighted by atomic mass is 10.1. The zero-order chi connectivity index (χ0) is 21.0. The van der Waals surface area contributed by atoms with E-state index < -0.39 is 11.9 Å². The Morgan fingerprint density at radius 3 is 2.69 bits per heavy atom. The second-order valence-electron chi connectivity index (χ2n) is 6.48. The molecule has 1 amide bonds. The molecule has 1 aliphatic heterocycles. The first-order chi connectivity index (χ1) is 14.0. The van der Waals surface area contributed by atoms with Gasteiger partial charge in [-0.25, -0.2) is 0 Å². The summed E-state index contributed by atoms with van der Waals surface area (Å²) in [6.45, 7) is 0.200. The zero-order valence-corrected chi connectivity index (χ0v) is 16.7. The molecule has 0 saturated carbocycles. The van der Waals surface area contributed by atoms with E-state index in [2.05, 4.69) is 0 Å². The predicted molar refractivity (Wildman–Crippen MR) is 106 cm³/mol. The number of nitriles is 1. The van der Waals surface area contributed by atoms with Crippen LogP contribution in [-0.2, 0) is 20.9 Å². The molecular weight excluding hydrogens is 396 g/mol. The van der Waals surface area contributed by atoms with E-state index in [0.717, 1.165) is 0 Å². The topological polar surface area (TPSA) is 88.9 Å². The second kappa shape index (κ2) is 8.84. The number of benzene rings is 2. The van der Waals surface area contributed by atoms with Gasteiger partial charge in [0.15, 0.2) is 0 Å². The molecule has 1 aliphatic rings. The third-order valence-electron chi connectivity index (χ3n) is 4.64. The molecule has 7 nitrogen and oxygen atoms in total. The van der Waals surface area contributed by atoms with Crippen molar-refractivity contribution in [2.75, 3.05) is 25.7 Å². The molecule has 150 valence electrons. The lowest BCUT2D eigenvalue weighted by molar-refractivity contribution is -0.149. The molecule has 29 heavy (non-hydrogen) atoms. The number of anilines is 1. The Kier molecular flexibility index (Phi) is 6.25. The molecule has 3 rings (SSSR count). The number of hydrogen-bond donors (Lipinski definition) is 0. The van der Waals surface area contributed by atoms with Gasteiger partial charge >= 0.3 is 5.97 Å². The van der Waals surface area contributed by atoms with Crippen molar-refractivity contribution < 1.29 is 23.8 Å². The first kappa shape index (κ1) is 20.5. The summed E-state index contributed by atoms with van der Waals surface area (Å²) >= 11 is 6.19. The minimum atomic E-state index is -0.604. The van der Waals surface area contributed by atoms with E-state index in [1.807, 2.05) is 6.07 Å². The van der Waals surface area contributed by atoms with E-state index in [1.165, 1.54) is 19.1 Å². The number of esters is 1. The van der Waals surface area contributed by atoms with Gasteiger partial charge in [-0.2, -0.15) is 5.26 Å². The van der Waals surface area contributed by atoms with Gasteiger partial charge < -0.3 is 19.1 Å². The number of rotatable bonds is 6. The van der Waals surface area contributed by atoms with Gasteiger partial charge in [0.1, 0.15) is 18.1 Å². The number of hydrogen-bond acceptors (Lipinski definition) is 6. The highest BCUT2D eigenvalue weighted by molar-refractivity contribution is 6.32. The third-order valence-corrected chi connectivity index (χ3v) is 4.94. The van der Waals surface area contributed by atoms with Crippen LogP contribution in [0.1, 0.15) is 17.5 Å². The number of methoxy groups -OCH3 is 2. The van der Waals surface area contributed by atoms with Crippen LogP contribution < -0.4 is 14.4 Å². The van der Waals surface area contributed by atoms with Crippen LogP contribution in [-0.4, -0.2) is 32.6 Å². The largest absolute Gasteiger partial charge is 0.495 e. The van der Waals surface area contributed by atoms with Crippen LogP contribution in [0.15, 0.2) is 36.4 Å². The Bertz CT molecular complexity index is 986. The summed E-state index contributed by atoms with van der Waals surface area (Å²) in [5.41, 5.74) is 1.67. The van der Waals surface area contributed by atoms with Crippen molar-refractivity contribution in [2.24, 2.45) is 5.92 Å². The van der Waals surface area contributed by atoms with Crippen LogP contribution in [0.25, 0.3) is 0 Å². The first-order valence-electron chi connectivity index (χ1n) is 8.84. The summed E-state index contributed by atoms with van der Waals surface area (Å²) < 4.78 is 15.9. The van der Waals surface area contributed by atoms with Gasteiger partial charge in [0.25, 0.3) is 0 Å². The molecule has 0 unspecified atom stereocenters. The average Bonchev–Trinajstić information content (AvgIpc) is 3.13. The van der Waals surface area contributed by atoms with Gasteiger partial charge in [0.2, 0.25) is 5.91 Å². The number of nitrogens with zero attached hydrogens (tertiary/aromatic N) is 2. The van der Waals surface area contributed by atoms with Gasteiger partial charge in [-0.3, -0.25) is 9.59 Å². The van der Waals surface area contributed by atoms with Crippen molar-refractivity contribution in [3.63, 3.8) is 0 Å². The summed E-state index contributed by atoms with van der Waals surface area (Å²) in [7, 11) is 2.97. The van der Waals surface area contributed by atoms with Crippen LogP contribution in [0, 0.1) is 17.2 Å². The second-order valence-corrected chi connectivity index (χ2v) is 6.89. The van der Waals surface area contributed by atoms with Gasteiger partial charge in [0, 0.05) is 19.0 Å². The summed E-state index contributed by atoms with van der Waals surface area (Å²) in [5.74, 6) is -0.455. The van der Waals surface area contributed by atoms with Gasteiger partial charge in [0.05, 0.1) is 42.5 Å². The predicted octanol–water partition coefficient (Wildman–Crippen LogP) is 3.33. The average molecular weight is 415 g/mol. The van der Waals surface area contributed by atoms with Crippen LogP contribution in [0.5, 0.6) is 11.5 Å². The Balaban J connectivity index is 1.70. The number of carbonyl (C=O) groups is 2. The van der Waals surface area contributed by atoms with Crippen LogP contribution in [0.2, 0.25) is 5.02 Å². The maximum atomic E-state index is 12.5. The highest BCUT2D eigenvalue weighted by Gasteiger charge is 2.37. The Labute approximate surface area is 173 Å². The van der Waals surface area contributed by atoms with Crippen LogP contribution >= 0.6 is 11.6 Å². The first-order valence-corrected chi connectivity index (χ1v) is 9.22. The van der Waals surface area contributed by atoms with Gasteiger partial charge in [-0.05, 0) is 23.8 Å². The molecule has 0 bridgehead atoms. The monoisotopic (exact) mass is 414 g/mol. The zero-order valence-electron chi connectivity index (χ0n) is 16.0. The molecule has 8 heteroatoms. The van der Waals surface area contributed by atoms with Crippen LogP contribution in [0.4, 0.5) is 5.69 Å². The number of carbonyl (C=O) groups excluding carboxylic acids is 2. The van der Waals surface area contributed by atoms with E-state index in [0.29, 0.717) is 33.3 Å². The van der Waals surface area contributed by atoms with Crippen molar-refractivity contribution in [1.82, 2.24) is 0 Å². The maximum absolute atomic E-state index is 12.5. The van der Waals surface area contributed by atoms with E-state index >= 15 is 0 Å². The lowest BCUT2D eigenvalue weighted by Crippen LogP contribution is -2.27. The summed E-state index contributed by atoms with van der Waals surface area (Å²) in [4.78, 5) is 26.5. The lowest BCUT2D eigenvalue weighted by Gasteiger charge is -2.20. The minimum absolute atomic E-state index is 0.0316. The highest BCUT2D eigenvalue weighted by atomic mass is 35.5. The molecule has 1 saturated heterocycles. The fourth-order valence-electron chi connectivity index (χ4n) is 3.16. The van der Waals surface area contributed by atoms with E-state index in [-0.39, 0.29) is 25.5 Å². The quantitative estimate of drug-likeness (QED) is 0.673. The molecule has 2 aromatic carbocycles. The van der Waals surface area contributed by atoms with E-state index in [4.69, 9.17) is 31.1 Å². The molecule has 0 spiro atoms. The summed E-state index contributed by atoms with van der Waals surface area (Å²) in [6.07, 6.45) is 0.0316. The maximum Gasteiger partial charge on any atom is 0.311 e.